The molecule has 0 atom stereocenters. The second-order valence-electron chi connectivity index (χ2n) is 2.24. The molecule has 4 heteroatoms. The molecule has 0 N–H and O–H groups in total. The second-order valence-corrected chi connectivity index (χ2v) is 2.80. The van der Waals surface area contributed by atoms with Crippen molar-refractivity contribution in [2.45, 2.75) is 5.33 Å². The highest BCUT2D eigenvalue weighted by molar-refractivity contribution is 9.08. The van der Waals surface area contributed by atoms with Gasteiger partial charge in [-0.05, 0) is 17.7 Å². The van der Waals surface area contributed by atoms with Gasteiger partial charge in [-0.15, -0.1) is 0 Å². The average Bonchev–Trinajstić information content (AvgIpc) is 2.17. The van der Waals surface area contributed by atoms with E-state index in [0.29, 0.717) is 5.56 Å². The summed E-state index contributed by atoms with van der Waals surface area (Å²) in [6, 6.07) is 7.01. The third kappa shape index (κ3) is 2.11. The van der Waals surface area contributed by atoms with E-state index in [4.69, 9.17) is 8.05 Å². The van der Waals surface area contributed by atoms with E-state index >= 15 is 0 Å². The predicted octanol–water partition coefficient (Wildman–Crippen LogP) is 1.82. The molecule has 0 fully saturated rings. The molecule has 60 valence electrons. The van der Waals surface area contributed by atoms with E-state index in [1.165, 1.54) is 0 Å². The summed E-state index contributed by atoms with van der Waals surface area (Å²) >= 11 is 3.30. The van der Waals surface area contributed by atoms with Crippen molar-refractivity contribution >= 4 is 29.9 Å². The molecular weight excluding hydrogens is 219 g/mol. The maximum atomic E-state index is 10.9. The van der Waals surface area contributed by atoms with Crippen LogP contribution in [0.2, 0.25) is 0 Å². The molecule has 1 aromatic carbocycles. The third-order valence-electron chi connectivity index (χ3n) is 1.45. The van der Waals surface area contributed by atoms with Crippen LogP contribution in [0.15, 0.2) is 24.3 Å². The first-order valence-corrected chi connectivity index (χ1v) is 4.46. The quantitative estimate of drug-likeness (QED) is 0.566. The lowest BCUT2D eigenvalue weighted by Crippen LogP contribution is -2.01. The average molecular weight is 225 g/mol. The Balaban J connectivity index is 2.84. The Morgan fingerprint density at radius 2 is 2.00 bits per heavy atom. The zero-order valence-electron chi connectivity index (χ0n) is 6.29. The lowest BCUT2D eigenvalue weighted by Gasteiger charge is -1.99. The summed E-state index contributed by atoms with van der Waals surface area (Å²) in [4.78, 5) is 10.9. The molecule has 0 unspecified atom stereocenters. The van der Waals surface area contributed by atoms with Crippen LogP contribution in [0.5, 0.6) is 0 Å². The van der Waals surface area contributed by atoms with Crippen molar-refractivity contribution in [3.8, 4) is 0 Å². The maximum absolute atomic E-state index is 10.9. The van der Waals surface area contributed by atoms with Gasteiger partial charge in [0.1, 0.15) is 0 Å². The molecule has 1 rings (SSSR count). The molecule has 0 aliphatic rings. The highest BCUT2D eigenvalue weighted by Crippen LogP contribution is 2.08. The van der Waals surface area contributed by atoms with Crippen LogP contribution in [-0.2, 0) is 9.98 Å². The molecule has 0 bridgehead atoms. The van der Waals surface area contributed by atoms with Crippen LogP contribution >= 0.6 is 15.9 Å². The molecule has 1 aromatic rings. The van der Waals surface area contributed by atoms with Crippen LogP contribution in [0.3, 0.4) is 0 Å². The predicted molar refractivity (Wildman–Crippen MR) is 50.2 cm³/mol. The number of hydrogen-bond donors (Lipinski definition) is 0. The Labute approximate surface area is 80.5 Å². The Kier molecular flexibility index (Phi) is 3.35. The highest BCUT2D eigenvalue weighted by atomic mass is 79.9. The van der Waals surface area contributed by atoms with Crippen LogP contribution < -0.4 is 0 Å². The Morgan fingerprint density at radius 1 is 1.42 bits per heavy atom. The second kappa shape index (κ2) is 4.31. The van der Waals surface area contributed by atoms with Crippen LogP contribution in [0.25, 0.3) is 0 Å². The minimum atomic E-state index is -0.517. The standard InChI is InChI=1S/C8H6BBrO2/c9-12-8(11)7-3-1-6(5-10)2-4-7/h1-4H,5H2. The van der Waals surface area contributed by atoms with E-state index in [9.17, 15) is 4.79 Å². The SMILES string of the molecule is [B]OC(=O)c1ccc(CBr)cc1. The Hall–Kier alpha value is -0.765. The summed E-state index contributed by atoms with van der Waals surface area (Å²) in [6.45, 7) is 0. The summed E-state index contributed by atoms with van der Waals surface area (Å²) in [7, 11) is 4.72. The van der Waals surface area contributed by atoms with Gasteiger partial charge < -0.3 is 4.65 Å². The molecule has 0 aliphatic heterocycles. The number of carbonyl (C=O) groups excluding carboxylic acids is 1. The number of halogens is 1. The van der Waals surface area contributed by atoms with Gasteiger partial charge in [0.2, 0.25) is 0 Å². The molecule has 0 saturated heterocycles. The van der Waals surface area contributed by atoms with Crippen molar-refractivity contribution in [3.63, 3.8) is 0 Å². The van der Waals surface area contributed by atoms with Gasteiger partial charge in [0.25, 0.3) is 0 Å². The Morgan fingerprint density at radius 3 is 2.42 bits per heavy atom. The van der Waals surface area contributed by atoms with Gasteiger partial charge in [0.15, 0.2) is 0 Å². The summed E-state index contributed by atoms with van der Waals surface area (Å²) in [6.07, 6.45) is 0. The van der Waals surface area contributed by atoms with E-state index in [1.807, 2.05) is 12.1 Å². The number of carbonyl (C=O) groups is 1. The third-order valence-corrected chi connectivity index (χ3v) is 2.10. The first-order valence-electron chi connectivity index (χ1n) is 3.34. The summed E-state index contributed by atoms with van der Waals surface area (Å²) in [5, 5.41) is 0.769. The molecule has 2 radical (unpaired) electrons. The van der Waals surface area contributed by atoms with Gasteiger partial charge in [-0.3, -0.25) is 0 Å². The van der Waals surface area contributed by atoms with Gasteiger partial charge in [-0.1, -0.05) is 28.1 Å². The zero-order chi connectivity index (χ0) is 8.97. The lowest BCUT2D eigenvalue weighted by molar-refractivity contribution is 0.0749. The summed E-state index contributed by atoms with van der Waals surface area (Å²) in [5.41, 5.74) is 1.56. The monoisotopic (exact) mass is 224 g/mol. The number of rotatable bonds is 2. The van der Waals surface area contributed by atoms with Gasteiger partial charge in [-0.2, -0.15) is 0 Å². The highest BCUT2D eigenvalue weighted by Gasteiger charge is 2.02. The fourth-order valence-corrected chi connectivity index (χ4v) is 1.17. The zero-order valence-corrected chi connectivity index (χ0v) is 7.87. The molecule has 0 saturated carbocycles. The summed E-state index contributed by atoms with van der Waals surface area (Å²) < 4.78 is 4.06. The largest absolute Gasteiger partial charge is 0.540 e. The minimum absolute atomic E-state index is 0.460. The first-order chi connectivity index (χ1) is 5.77. The van der Waals surface area contributed by atoms with Crippen LogP contribution in [0, 0.1) is 0 Å². The van der Waals surface area contributed by atoms with E-state index in [2.05, 4.69) is 20.6 Å². The molecule has 12 heavy (non-hydrogen) atoms. The normalized spacial score (nSPS) is 9.42. The molecule has 0 aromatic heterocycles. The minimum Gasteiger partial charge on any atom is -0.540 e. The van der Waals surface area contributed by atoms with Crippen LogP contribution in [0.1, 0.15) is 15.9 Å². The molecule has 2 nitrogen and oxygen atoms in total. The summed E-state index contributed by atoms with van der Waals surface area (Å²) in [5.74, 6) is -0.517. The van der Waals surface area contributed by atoms with Crippen molar-refractivity contribution in [1.82, 2.24) is 0 Å². The molecule has 0 aliphatic carbocycles. The first kappa shape index (κ1) is 9.32. The fraction of sp³-hybridized carbons (Fsp3) is 0.125. The molecule has 0 amide bonds. The van der Waals surface area contributed by atoms with E-state index < -0.39 is 5.97 Å². The van der Waals surface area contributed by atoms with Crippen molar-refractivity contribution < 1.29 is 9.45 Å². The van der Waals surface area contributed by atoms with Crippen LogP contribution in [-0.4, -0.2) is 14.0 Å². The van der Waals surface area contributed by atoms with E-state index in [0.717, 1.165) is 10.9 Å². The number of hydrogen-bond acceptors (Lipinski definition) is 2. The van der Waals surface area contributed by atoms with E-state index in [1.54, 1.807) is 12.1 Å². The van der Waals surface area contributed by atoms with Crippen molar-refractivity contribution in [2.24, 2.45) is 0 Å². The molecular formula is C8H6BBrO2. The van der Waals surface area contributed by atoms with Crippen molar-refractivity contribution in [3.05, 3.63) is 35.4 Å². The van der Waals surface area contributed by atoms with E-state index in [-0.39, 0.29) is 0 Å². The van der Waals surface area contributed by atoms with Gasteiger partial charge in [0.05, 0.1) is 5.56 Å². The topological polar surface area (TPSA) is 26.3 Å². The lowest BCUT2D eigenvalue weighted by atomic mass is 10.1. The van der Waals surface area contributed by atoms with Gasteiger partial charge in [0, 0.05) is 5.33 Å². The molecule has 0 heterocycles. The van der Waals surface area contributed by atoms with Crippen LogP contribution in [0.4, 0.5) is 0 Å². The Bertz CT molecular complexity index is 271. The smallest absolute Gasteiger partial charge is 0.378 e. The van der Waals surface area contributed by atoms with Crippen molar-refractivity contribution in [1.29, 1.82) is 0 Å². The maximum Gasteiger partial charge on any atom is 0.378 e. The van der Waals surface area contributed by atoms with Gasteiger partial charge in [-0.25, -0.2) is 4.79 Å². The fourth-order valence-electron chi connectivity index (χ4n) is 0.798. The van der Waals surface area contributed by atoms with Gasteiger partial charge >= 0.3 is 14.0 Å². The number of alkyl halides is 1. The van der Waals surface area contributed by atoms with Crippen molar-refractivity contribution in [2.75, 3.05) is 0 Å². The number of benzene rings is 1. The molecule has 0 spiro atoms.